The molecule has 0 spiro atoms. The Morgan fingerprint density at radius 1 is 0.938 bits per heavy atom. The smallest absolute Gasteiger partial charge is 0.166 e. The van der Waals surface area contributed by atoms with Crippen LogP contribution in [0.1, 0.15) is 6.92 Å². The summed E-state index contributed by atoms with van der Waals surface area (Å²) in [6.07, 6.45) is -8.08. The van der Waals surface area contributed by atoms with Crippen molar-refractivity contribution in [3.63, 3.8) is 0 Å². The molecule has 88 valence electrons. The van der Waals surface area contributed by atoms with Crippen molar-refractivity contribution in [2.75, 3.05) is 0 Å². The van der Waals surface area contributed by atoms with Gasteiger partial charge in [0.1, 0.15) is 0 Å². The fourth-order valence-electron chi connectivity index (χ4n) is 1.04. The standard InChI is InChI=1S/C10H6F6/c1-6-2-3-7(9(11,12)13)5-8(4-6)10(14,15)16/h2,4-5H,1H3. The van der Waals surface area contributed by atoms with Gasteiger partial charge in [0.05, 0.1) is 11.1 Å². The first-order chi connectivity index (χ1) is 7.10. The van der Waals surface area contributed by atoms with E-state index in [1.54, 1.807) is 5.73 Å². The molecule has 1 aliphatic rings. The van der Waals surface area contributed by atoms with Gasteiger partial charge in [-0.2, -0.15) is 26.3 Å². The summed E-state index contributed by atoms with van der Waals surface area (Å²) in [4.78, 5) is 0. The van der Waals surface area contributed by atoms with Gasteiger partial charge in [0.2, 0.25) is 0 Å². The van der Waals surface area contributed by atoms with Gasteiger partial charge in [-0.05, 0) is 30.7 Å². The van der Waals surface area contributed by atoms with Gasteiger partial charge >= 0.3 is 12.4 Å². The molecule has 0 saturated heterocycles. The van der Waals surface area contributed by atoms with Gasteiger partial charge in [-0.3, -0.25) is 0 Å². The molecule has 0 bridgehead atoms. The molecule has 6 heteroatoms. The van der Waals surface area contributed by atoms with E-state index in [1.165, 1.54) is 6.92 Å². The largest absolute Gasteiger partial charge is 0.423 e. The van der Waals surface area contributed by atoms with Gasteiger partial charge in [-0.25, -0.2) is 0 Å². The molecule has 0 nitrogen and oxygen atoms in total. The zero-order valence-corrected chi connectivity index (χ0v) is 8.00. The first kappa shape index (κ1) is 12.6. The highest BCUT2D eigenvalue weighted by atomic mass is 19.4. The van der Waals surface area contributed by atoms with E-state index in [-0.39, 0.29) is 11.6 Å². The van der Waals surface area contributed by atoms with Crippen LogP contribution in [0.2, 0.25) is 0 Å². The second kappa shape index (κ2) is 3.87. The lowest BCUT2D eigenvalue weighted by Gasteiger charge is -2.09. The third-order valence-electron chi connectivity index (χ3n) is 1.77. The van der Waals surface area contributed by atoms with Crippen LogP contribution in [0.3, 0.4) is 0 Å². The van der Waals surface area contributed by atoms with Gasteiger partial charge in [-0.15, -0.1) is 5.73 Å². The summed E-state index contributed by atoms with van der Waals surface area (Å²) in [6.45, 7) is 1.27. The number of hydrogen-bond donors (Lipinski definition) is 0. The lowest BCUT2D eigenvalue weighted by atomic mass is 10.1. The average Bonchev–Trinajstić information content (AvgIpc) is 2.24. The third-order valence-corrected chi connectivity index (χ3v) is 1.77. The zero-order valence-electron chi connectivity index (χ0n) is 8.00. The molecule has 0 aromatic rings. The Labute approximate surface area is 87.3 Å². The van der Waals surface area contributed by atoms with Crippen molar-refractivity contribution >= 4 is 0 Å². The Morgan fingerprint density at radius 3 is 1.94 bits per heavy atom. The summed E-state index contributed by atoms with van der Waals surface area (Å²) in [7, 11) is 0. The fourth-order valence-corrected chi connectivity index (χ4v) is 1.04. The summed E-state index contributed by atoms with van der Waals surface area (Å²) in [5.74, 6) is 0. The first-order valence-electron chi connectivity index (χ1n) is 4.12. The van der Waals surface area contributed by atoms with Crippen molar-refractivity contribution in [3.8, 4) is 0 Å². The molecule has 0 aliphatic heterocycles. The maximum atomic E-state index is 12.3. The zero-order chi connectivity index (χ0) is 12.6. The Kier molecular flexibility index (Phi) is 3.06. The Morgan fingerprint density at radius 2 is 1.50 bits per heavy atom. The van der Waals surface area contributed by atoms with Gasteiger partial charge < -0.3 is 0 Å². The number of halogens is 6. The maximum Gasteiger partial charge on any atom is 0.423 e. The summed E-state index contributed by atoms with van der Waals surface area (Å²) in [5.41, 5.74) is -0.918. The molecular formula is C10H6F6. The van der Waals surface area contributed by atoms with Crippen LogP contribution >= 0.6 is 0 Å². The number of allylic oxidation sites excluding steroid dienone is 5. The third kappa shape index (κ3) is 3.03. The van der Waals surface area contributed by atoms with Crippen LogP contribution < -0.4 is 0 Å². The molecule has 0 aromatic heterocycles. The molecule has 0 radical (unpaired) electrons. The van der Waals surface area contributed by atoms with E-state index in [0.29, 0.717) is 6.08 Å². The van der Waals surface area contributed by atoms with Gasteiger partial charge in [0, 0.05) is 0 Å². The molecule has 0 N–H and O–H groups in total. The van der Waals surface area contributed by atoms with Crippen LogP contribution in [0, 0.1) is 0 Å². The first-order valence-corrected chi connectivity index (χ1v) is 4.12. The SMILES string of the molecule is CC1=CC(C(F)(F)F)=CC(C(F)(F)F)=C=C1. The number of alkyl halides is 6. The van der Waals surface area contributed by atoms with Crippen LogP contribution in [0.4, 0.5) is 26.3 Å². The molecule has 0 fully saturated rings. The molecule has 16 heavy (non-hydrogen) atoms. The second-order valence-corrected chi connectivity index (χ2v) is 3.19. The van der Waals surface area contributed by atoms with E-state index < -0.39 is 23.5 Å². The van der Waals surface area contributed by atoms with Crippen molar-refractivity contribution in [2.45, 2.75) is 19.3 Å². The lowest BCUT2D eigenvalue weighted by molar-refractivity contribution is -0.0932. The van der Waals surface area contributed by atoms with Crippen molar-refractivity contribution in [3.05, 3.63) is 40.7 Å². The van der Waals surface area contributed by atoms with E-state index in [4.69, 9.17) is 0 Å². The van der Waals surface area contributed by atoms with Crippen molar-refractivity contribution in [2.24, 2.45) is 0 Å². The minimum Gasteiger partial charge on any atom is -0.166 e. The summed E-state index contributed by atoms with van der Waals surface area (Å²) < 4.78 is 73.7. The quantitative estimate of drug-likeness (QED) is 0.442. The van der Waals surface area contributed by atoms with Gasteiger partial charge in [-0.1, -0.05) is 0 Å². The summed E-state index contributed by atoms with van der Waals surface area (Å²) >= 11 is 0. The average molecular weight is 240 g/mol. The van der Waals surface area contributed by atoms with E-state index >= 15 is 0 Å². The molecule has 0 heterocycles. The van der Waals surface area contributed by atoms with E-state index in [0.717, 1.165) is 6.08 Å². The predicted octanol–water partition coefficient (Wildman–Crippen LogP) is 4.08. The molecule has 0 unspecified atom stereocenters. The normalized spacial score (nSPS) is 17.6. The predicted molar refractivity (Wildman–Crippen MR) is 45.5 cm³/mol. The summed E-state index contributed by atoms with van der Waals surface area (Å²) in [6, 6.07) is 0. The van der Waals surface area contributed by atoms with E-state index in [9.17, 15) is 26.3 Å². The number of rotatable bonds is 0. The molecule has 0 atom stereocenters. The maximum absolute atomic E-state index is 12.3. The molecule has 0 aromatic carbocycles. The highest BCUT2D eigenvalue weighted by molar-refractivity contribution is 5.42. The van der Waals surface area contributed by atoms with Crippen molar-refractivity contribution in [1.29, 1.82) is 0 Å². The molecule has 0 saturated carbocycles. The Balaban J connectivity index is 3.30. The highest BCUT2D eigenvalue weighted by Gasteiger charge is 2.38. The van der Waals surface area contributed by atoms with Crippen LogP contribution in [0.15, 0.2) is 40.7 Å². The fraction of sp³-hybridized carbons (Fsp3) is 0.300. The Hall–Kier alpha value is -1.42. The monoisotopic (exact) mass is 240 g/mol. The van der Waals surface area contributed by atoms with Crippen molar-refractivity contribution in [1.82, 2.24) is 0 Å². The van der Waals surface area contributed by atoms with Crippen LogP contribution in [-0.4, -0.2) is 12.4 Å². The van der Waals surface area contributed by atoms with Crippen LogP contribution in [0.5, 0.6) is 0 Å². The van der Waals surface area contributed by atoms with Crippen LogP contribution in [0.25, 0.3) is 0 Å². The molecule has 1 rings (SSSR count). The van der Waals surface area contributed by atoms with Gasteiger partial charge in [0.15, 0.2) is 0 Å². The molecule has 1 aliphatic carbocycles. The van der Waals surface area contributed by atoms with E-state index in [2.05, 4.69) is 0 Å². The minimum absolute atomic E-state index is 0.0486. The van der Waals surface area contributed by atoms with Gasteiger partial charge in [0.25, 0.3) is 0 Å². The van der Waals surface area contributed by atoms with E-state index in [1.807, 2.05) is 0 Å². The second-order valence-electron chi connectivity index (χ2n) is 3.19. The Bertz CT molecular complexity index is 410. The highest BCUT2D eigenvalue weighted by Crippen LogP contribution is 2.34. The summed E-state index contributed by atoms with van der Waals surface area (Å²) in [5, 5.41) is 0. The topological polar surface area (TPSA) is 0 Å². The van der Waals surface area contributed by atoms with Crippen LogP contribution in [-0.2, 0) is 0 Å². The van der Waals surface area contributed by atoms with Crippen molar-refractivity contribution < 1.29 is 26.3 Å². The molecule has 0 amide bonds. The minimum atomic E-state index is -4.84. The lowest BCUT2D eigenvalue weighted by Crippen LogP contribution is -2.14. The number of hydrogen-bond acceptors (Lipinski definition) is 0. The molecular weight excluding hydrogens is 234 g/mol.